The summed E-state index contributed by atoms with van der Waals surface area (Å²) in [6, 6.07) is 7.96. The minimum atomic E-state index is -1.05. The molecule has 0 aliphatic carbocycles. The lowest BCUT2D eigenvalue weighted by Crippen LogP contribution is -2.34. The summed E-state index contributed by atoms with van der Waals surface area (Å²) >= 11 is 5.25. The summed E-state index contributed by atoms with van der Waals surface area (Å²) in [5, 5.41) is 23.0. The minimum absolute atomic E-state index is 0.0468. The zero-order chi connectivity index (χ0) is 19.1. The summed E-state index contributed by atoms with van der Waals surface area (Å²) in [7, 11) is 0. The van der Waals surface area contributed by atoms with Crippen molar-refractivity contribution in [3.8, 4) is 0 Å². The zero-order valence-electron chi connectivity index (χ0n) is 14.6. The lowest BCUT2D eigenvalue weighted by atomic mass is 9.95. The van der Waals surface area contributed by atoms with Gasteiger partial charge in [0.2, 0.25) is 0 Å². The quantitative estimate of drug-likeness (QED) is 0.698. The molecule has 3 heterocycles. The molecule has 8 heteroatoms. The topological polar surface area (TPSA) is 87.2 Å². The van der Waals surface area contributed by atoms with Crippen LogP contribution in [0.4, 0.5) is 4.39 Å². The van der Waals surface area contributed by atoms with Crippen LogP contribution in [0.2, 0.25) is 0 Å². The maximum Gasteiger partial charge on any atom is 0.193 e. The van der Waals surface area contributed by atoms with Gasteiger partial charge in [-0.05, 0) is 31.3 Å². The Labute approximate surface area is 160 Å². The fourth-order valence-electron chi connectivity index (χ4n) is 3.49. The summed E-state index contributed by atoms with van der Waals surface area (Å²) in [5.41, 5.74) is 1.92. The number of nitrogens with one attached hydrogen (secondary N) is 1. The second kappa shape index (κ2) is 7.12. The first-order chi connectivity index (χ1) is 12.9. The van der Waals surface area contributed by atoms with Crippen LogP contribution in [0.3, 0.4) is 0 Å². The first-order valence-electron chi connectivity index (χ1n) is 8.65. The van der Waals surface area contributed by atoms with E-state index < -0.39 is 18.3 Å². The van der Waals surface area contributed by atoms with Crippen LogP contribution in [0, 0.1) is 12.7 Å². The molecule has 1 unspecified atom stereocenters. The van der Waals surface area contributed by atoms with Crippen LogP contribution in [0.1, 0.15) is 41.2 Å². The molecule has 1 saturated heterocycles. The van der Waals surface area contributed by atoms with Crippen molar-refractivity contribution in [2.75, 3.05) is 6.61 Å². The normalized spacial score (nSPS) is 28.1. The number of nitrogens with zero attached hydrogens (tertiary/aromatic N) is 1. The van der Waals surface area contributed by atoms with Gasteiger partial charge >= 0.3 is 0 Å². The predicted octanol–water partition coefficient (Wildman–Crippen LogP) is 2.33. The highest BCUT2D eigenvalue weighted by Crippen LogP contribution is 2.34. The molecular formula is C19H19FN2O4S. The summed E-state index contributed by atoms with van der Waals surface area (Å²) < 4.78 is 25.4. The van der Waals surface area contributed by atoms with Crippen LogP contribution in [0.5, 0.6) is 0 Å². The monoisotopic (exact) mass is 390 g/mol. The van der Waals surface area contributed by atoms with Crippen molar-refractivity contribution in [2.24, 2.45) is 4.99 Å². The summed E-state index contributed by atoms with van der Waals surface area (Å²) in [6.07, 6.45) is -2.30. The number of aliphatic imine (C=N–C) groups is 1. The lowest BCUT2D eigenvalue weighted by Gasteiger charge is -2.25. The van der Waals surface area contributed by atoms with E-state index in [9.17, 15) is 14.6 Å². The number of thiocarbonyl (C=S) groups is 1. The van der Waals surface area contributed by atoms with Crippen LogP contribution < -0.4 is 5.32 Å². The predicted molar refractivity (Wildman–Crippen MR) is 100 cm³/mol. The maximum absolute atomic E-state index is 14.2. The Balaban J connectivity index is 1.63. The van der Waals surface area contributed by atoms with Crippen LogP contribution >= 0.6 is 12.2 Å². The number of hydrogen-bond acceptors (Lipinski definition) is 5. The molecule has 1 fully saturated rings. The van der Waals surface area contributed by atoms with E-state index in [1.807, 2.05) is 0 Å². The van der Waals surface area contributed by atoms with Crippen molar-refractivity contribution >= 4 is 23.0 Å². The van der Waals surface area contributed by atoms with Crippen molar-refractivity contribution in [3.05, 3.63) is 58.8 Å². The van der Waals surface area contributed by atoms with Gasteiger partial charge in [0.1, 0.15) is 35.6 Å². The Morgan fingerprint density at radius 1 is 1.30 bits per heavy atom. The number of benzene rings is 1. The largest absolute Gasteiger partial charge is 0.463 e. The maximum atomic E-state index is 14.2. The van der Waals surface area contributed by atoms with Crippen molar-refractivity contribution in [1.29, 1.82) is 0 Å². The van der Waals surface area contributed by atoms with Gasteiger partial charge in [0.15, 0.2) is 5.11 Å². The average Bonchev–Trinajstić information content (AvgIpc) is 3.17. The van der Waals surface area contributed by atoms with Crippen LogP contribution in [-0.4, -0.2) is 39.9 Å². The third kappa shape index (κ3) is 3.41. The number of aliphatic hydroxyl groups excluding tert-OH is 2. The molecule has 0 bridgehead atoms. The summed E-state index contributed by atoms with van der Waals surface area (Å²) in [5.74, 6) is 0.708. The molecule has 0 radical (unpaired) electrons. The van der Waals surface area contributed by atoms with E-state index >= 15 is 0 Å². The third-order valence-electron chi connectivity index (χ3n) is 4.89. The Hall–Kier alpha value is -2.13. The molecule has 6 nitrogen and oxygen atoms in total. The minimum Gasteiger partial charge on any atom is -0.463 e. The van der Waals surface area contributed by atoms with E-state index in [0.29, 0.717) is 29.2 Å². The van der Waals surface area contributed by atoms with Gasteiger partial charge in [0, 0.05) is 17.5 Å². The fourth-order valence-corrected chi connectivity index (χ4v) is 3.75. The third-order valence-corrected chi connectivity index (χ3v) is 5.10. The Morgan fingerprint density at radius 2 is 2.07 bits per heavy atom. The summed E-state index contributed by atoms with van der Waals surface area (Å²) in [4.78, 5) is 4.39. The summed E-state index contributed by atoms with van der Waals surface area (Å²) in [6.45, 7) is 1.83. The van der Waals surface area contributed by atoms with E-state index in [-0.39, 0.29) is 23.6 Å². The Bertz CT molecular complexity index is 913. The number of aliphatic hydroxyl groups is 2. The zero-order valence-corrected chi connectivity index (χ0v) is 15.4. The molecular weight excluding hydrogens is 371 g/mol. The number of ether oxygens (including phenoxy) is 1. The molecule has 1 aromatic carbocycles. The van der Waals surface area contributed by atoms with E-state index in [4.69, 9.17) is 21.4 Å². The first kappa shape index (κ1) is 18.2. The molecule has 0 amide bonds. The highest BCUT2D eigenvalue weighted by molar-refractivity contribution is 7.80. The highest BCUT2D eigenvalue weighted by atomic mass is 32.1. The van der Waals surface area contributed by atoms with E-state index in [1.165, 1.54) is 6.07 Å². The SMILES string of the molecule is Cc1oc([C@@H]2OC[C@@H](O)[C@H]2O)cc1C1=NC(=S)NC(c2ccccc2F)C1. The Morgan fingerprint density at radius 3 is 2.78 bits per heavy atom. The van der Waals surface area contributed by atoms with Gasteiger partial charge in [0.25, 0.3) is 0 Å². The standard InChI is InChI=1S/C19H19FN2O4S/c1-9-11(6-16(26-9)18-17(24)15(23)8-25-18)14-7-13(21-19(27)22-14)10-4-2-3-5-12(10)20/h2-6,13,15,17-18,23-24H,7-8H2,1H3,(H,21,27)/t13?,15-,17-,18+/m1/s1. The number of aryl methyl sites for hydroxylation is 1. The molecule has 142 valence electrons. The van der Waals surface area contributed by atoms with E-state index in [0.717, 1.165) is 5.56 Å². The fraction of sp³-hybridized carbons (Fsp3) is 0.368. The molecule has 0 spiro atoms. The van der Waals surface area contributed by atoms with Crippen molar-refractivity contribution in [2.45, 2.75) is 37.7 Å². The van der Waals surface area contributed by atoms with Gasteiger partial charge in [-0.1, -0.05) is 18.2 Å². The molecule has 3 N–H and O–H groups in total. The Kier molecular flexibility index (Phi) is 4.81. The molecule has 1 aromatic heterocycles. The first-order valence-corrected chi connectivity index (χ1v) is 9.06. The molecule has 2 aromatic rings. The van der Waals surface area contributed by atoms with Gasteiger partial charge in [-0.15, -0.1) is 0 Å². The smallest absolute Gasteiger partial charge is 0.193 e. The molecule has 4 atom stereocenters. The van der Waals surface area contributed by atoms with Crippen LogP contribution in [-0.2, 0) is 4.74 Å². The number of rotatable bonds is 3. The van der Waals surface area contributed by atoms with Crippen LogP contribution in [0.25, 0.3) is 0 Å². The number of furan rings is 1. The van der Waals surface area contributed by atoms with Gasteiger partial charge in [0.05, 0.1) is 18.4 Å². The molecule has 0 saturated carbocycles. The average molecular weight is 390 g/mol. The highest BCUT2D eigenvalue weighted by Gasteiger charge is 2.38. The second-order valence-corrected chi connectivity index (χ2v) is 7.10. The van der Waals surface area contributed by atoms with Crippen molar-refractivity contribution in [1.82, 2.24) is 5.32 Å². The molecule has 2 aliphatic rings. The van der Waals surface area contributed by atoms with E-state index in [2.05, 4.69) is 10.3 Å². The molecule has 4 rings (SSSR count). The van der Waals surface area contributed by atoms with Gasteiger partial charge < -0.3 is 24.7 Å². The van der Waals surface area contributed by atoms with Gasteiger partial charge in [-0.25, -0.2) is 9.38 Å². The molecule has 27 heavy (non-hydrogen) atoms. The van der Waals surface area contributed by atoms with Crippen molar-refractivity contribution in [3.63, 3.8) is 0 Å². The van der Waals surface area contributed by atoms with Crippen LogP contribution in [0.15, 0.2) is 39.7 Å². The molecule has 2 aliphatic heterocycles. The number of hydrogen-bond donors (Lipinski definition) is 3. The van der Waals surface area contributed by atoms with E-state index in [1.54, 1.807) is 31.2 Å². The lowest BCUT2D eigenvalue weighted by molar-refractivity contribution is 0.0117. The van der Waals surface area contributed by atoms with Crippen molar-refractivity contribution < 1.29 is 23.8 Å². The van der Waals surface area contributed by atoms with Gasteiger partial charge in [-0.3, -0.25) is 0 Å². The second-order valence-electron chi connectivity index (χ2n) is 6.72. The number of halogens is 1. The van der Waals surface area contributed by atoms with Gasteiger partial charge in [-0.2, -0.15) is 0 Å².